The molecule has 19 heavy (non-hydrogen) atoms. The number of nitrogens with zero attached hydrogens (tertiary/aromatic N) is 1. The van der Waals surface area contributed by atoms with Crippen LogP contribution in [0.3, 0.4) is 0 Å². The summed E-state index contributed by atoms with van der Waals surface area (Å²) in [4.78, 5) is 0.319. The molecule has 0 fully saturated rings. The van der Waals surface area contributed by atoms with Crippen molar-refractivity contribution in [2.45, 2.75) is 44.5 Å². The molecule has 0 unspecified atom stereocenters. The minimum atomic E-state index is -3.49. The van der Waals surface area contributed by atoms with Gasteiger partial charge in [-0.1, -0.05) is 32.0 Å². The van der Waals surface area contributed by atoms with E-state index in [4.69, 9.17) is 11.6 Å². The Morgan fingerprint density at radius 2 is 1.74 bits per heavy atom. The van der Waals surface area contributed by atoms with Crippen molar-refractivity contribution >= 4 is 21.6 Å². The summed E-state index contributed by atoms with van der Waals surface area (Å²) in [5.74, 6) is 0.476. The van der Waals surface area contributed by atoms with E-state index in [1.807, 2.05) is 27.7 Å². The molecule has 108 valence electrons. The van der Waals surface area contributed by atoms with E-state index >= 15 is 0 Å². The number of halogens is 1. The Bertz CT molecular complexity index is 512. The average molecular weight is 304 g/mol. The molecule has 3 nitrogen and oxygen atoms in total. The molecule has 0 bridgehead atoms. The Morgan fingerprint density at radius 1 is 1.16 bits per heavy atom. The number of hydrogen-bond acceptors (Lipinski definition) is 2. The van der Waals surface area contributed by atoms with Crippen molar-refractivity contribution in [3.8, 4) is 0 Å². The molecule has 0 radical (unpaired) electrons. The fourth-order valence-electron chi connectivity index (χ4n) is 1.94. The second-order valence-corrected chi connectivity index (χ2v) is 7.43. The Labute approximate surface area is 121 Å². The molecule has 0 aromatic heterocycles. The smallest absolute Gasteiger partial charge is 0.207 e. The Hall–Kier alpha value is -0.580. The lowest BCUT2D eigenvalue weighted by Gasteiger charge is -2.28. The Morgan fingerprint density at radius 3 is 2.21 bits per heavy atom. The molecular formula is C14H22ClNO2S. The number of rotatable bonds is 6. The van der Waals surface area contributed by atoms with Gasteiger partial charge in [-0.15, -0.1) is 11.6 Å². The van der Waals surface area contributed by atoms with Gasteiger partial charge >= 0.3 is 0 Å². The molecule has 1 rings (SSSR count). The summed E-state index contributed by atoms with van der Waals surface area (Å²) in [6, 6.07) is 6.85. The molecule has 0 saturated heterocycles. The molecule has 0 aliphatic carbocycles. The predicted octanol–water partition coefficient (Wildman–Crippen LogP) is 3.48. The van der Waals surface area contributed by atoms with Crippen LogP contribution in [-0.2, 0) is 15.9 Å². The Balaban J connectivity index is 3.27. The van der Waals surface area contributed by atoms with Gasteiger partial charge in [0.1, 0.15) is 0 Å². The van der Waals surface area contributed by atoms with Gasteiger partial charge in [-0.05, 0) is 31.4 Å². The number of alkyl halides is 1. The number of hydrogen-bond donors (Lipinski definition) is 0. The van der Waals surface area contributed by atoms with Gasteiger partial charge in [-0.3, -0.25) is 0 Å². The summed E-state index contributed by atoms with van der Waals surface area (Å²) in [5.41, 5.74) is 0.651. The van der Waals surface area contributed by atoms with E-state index < -0.39 is 10.0 Å². The topological polar surface area (TPSA) is 37.4 Å². The van der Waals surface area contributed by atoms with Gasteiger partial charge in [-0.2, -0.15) is 4.31 Å². The summed E-state index contributed by atoms with van der Waals surface area (Å²) in [6.45, 7) is 8.32. The van der Waals surface area contributed by atoms with Gasteiger partial charge in [-0.25, -0.2) is 8.42 Å². The second kappa shape index (κ2) is 6.73. The van der Waals surface area contributed by atoms with Gasteiger partial charge < -0.3 is 0 Å². The Kier molecular flexibility index (Phi) is 5.83. The first-order chi connectivity index (χ1) is 8.80. The summed E-state index contributed by atoms with van der Waals surface area (Å²) < 4.78 is 27.1. The molecule has 0 heterocycles. The normalized spacial score (nSPS) is 12.6. The van der Waals surface area contributed by atoms with Crippen LogP contribution in [0.5, 0.6) is 0 Å². The van der Waals surface area contributed by atoms with Gasteiger partial charge in [0.05, 0.1) is 4.90 Å². The molecule has 0 N–H and O–H groups in total. The van der Waals surface area contributed by atoms with E-state index in [0.29, 0.717) is 17.0 Å². The third-order valence-corrected chi connectivity index (χ3v) is 5.25. The van der Waals surface area contributed by atoms with Crippen LogP contribution >= 0.6 is 11.6 Å². The lowest BCUT2D eigenvalue weighted by molar-refractivity contribution is 0.318. The van der Waals surface area contributed by atoms with E-state index in [9.17, 15) is 8.42 Å². The monoisotopic (exact) mass is 303 g/mol. The highest BCUT2D eigenvalue weighted by Crippen LogP contribution is 2.24. The van der Waals surface area contributed by atoms with Crippen LogP contribution in [0.4, 0.5) is 0 Å². The molecular weight excluding hydrogens is 282 g/mol. The van der Waals surface area contributed by atoms with Crippen molar-refractivity contribution in [1.82, 2.24) is 4.31 Å². The van der Waals surface area contributed by atoms with Crippen molar-refractivity contribution in [3.05, 3.63) is 29.8 Å². The maximum absolute atomic E-state index is 12.8. The first kappa shape index (κ1) is 16.5. The van der Waals surface area contributed by atoms with Crippen LogP contribution in [-0.4, -0.2) is 25.3 Å². The van der Waals surface area contributed by atoms with Gasteiger partial charge in [0.15, 0.2) is 0 Å². The van der Waals surface area contributed by atoms with E-state index in [1.54, 1.807) is 28.6 Å². The summed E-state index contributed by atoms with van der Waals surface area (Å²) in [7, 11) is -3.49. The van der Waals surface area contributed by atoms with Crippen molar-refractivity contribution in [1.29, 1.82) is 0 Å². The predicted molar refractivity (Wildman–Crippen MR) is 79.9 cm³/mol. The van der Waals surface area contributed by atoms with Crippen molar-refractivity contribution < 1.29 is 8.42 Å². The van der Waals surface area contributed by atoms with E-state index in [1.165, 1.54) is 0 Å². The van der Waals surface area contributed by atoms with Crippen LogP contribution in [0.15, 0.2) is 29.2 Å². The molecule has 1 aromatic carbocycles. The lowest BCUT2D eigenvalue weighted by Crippen LogP contribution is -2.39. The second-order valence-electron chi connectivity index (χ2n) is 5.30. The fraction of sp³-hybridized carbons (Fsp3) is 0.571. The molecule has 0 saturated carbocycles. The zero-order valence-corrected chi connectivity index (χ0v) is 13.5. The minimum absolute atomic E-state index is 0.0734. The summed E-state index contributed by atoms with van der Waals surface area (Å²) in [6.07, 6.45) is 0. The van der Waals surface area contributed by atoms with Crippen LogP contribution in [0.1, 0.15) is 33.3 Å². The number of benzene rings is 1. The fourth-order valence-corrected chi connectivity index (χ4v) is 4.28. The van der Waals surface area contributed by atoms with Crippen LogP contribution in [0.25, 0.3) is 0 Å². The van der Waals surface area contributed by atoms with E-state index in [2.05, 4.69) is 0 Å². The quantitative estimate of drug-likeness (QED) is 0.755. The highest BCUT2D eigenvalue weighted by Gasteiger charge is 2.29. The first-order valence-corrected chi connectivity index (χ1v) is 8.43. The zero-order valence-electron chi connectivity index (χ0n) is 11.9. The third-order valence-electron chi connectivity index (χ3n) is 2.82. The molecule has 0 aliphatic heterocycles. The zero-order chi connectivity index (χ0) is 14.6. The maximum atomic E-state index is 12.8. The largest absolute Gasteiger partial charge is 0.243 e. The van der Waals surface area contributed by atoms with Gasteiger partial charge in [0, 0.05) is 18.5 Å². The van der Waals surface area contributed by atoms with Crippen LogP contribution < -0.4 is 0 Å². The van der Waals surface area contributed by atoms with Crippen molar-refractivity contribution in [3.63, 3.8) is 0 Å². The molecule has 5 heteroatoms. The van der Waals surface area contributed by atoms with Gasteiger partial charge in [0.25, 0.3) is 0 Å². The van der Waals surface area contributed by atoms with E-state index in [-0.39, 0.29) is 17.8 Å². The van der Waals surface area contributed by atoms with Crippen molar-refractivity contribution in [2.24, 2.45) is 5.92 Å². The highest BCUT2D eigenvalue weighted by atomic mass is 35.5. The average Bonchev–Trinajstić information content (AvgIpc) is 2.35. The molecule has 0 spiro atoms. The van der Waals surface area contributed by atoms with Gasteiger partial charge in [0.2, 0.25) is 10.0 Å². The van der Waals surface area contributed by atoms with E-state index in [0.717, 1.165) is 0 Å². The molecule has 0 amide bonds. The first-order valence-electron chi connectivity index (χ1n) is 6.46. The molecule has 0 aliphatic rings. The standard InChI is InChI=1S/C14H22ClNO2S/c1-11(2)10-16(12(3)4)19(17,18)14-8-6-5-7-13(14)9-15/h5-8,11-12H,9-10H2,1-4H3. The van der Waals surface area contributed by atoms with Crippen molar-refractivity contribution in [2.75, 3.05) is 6.54 Å². The lowest BCUT2D eigenvalue weighted by atomic mass is 10.2. The SMILES string of the molecule is CC(C)CN(C(C)C)S(=O)(=O)c1ccccc1CCl. The van der Waals surface area contributed by atoms with Crippen LogP contribution in [0, 0.1) is 5.92 Å². The minimum Gasteiger partial charge on any atom is -0.207 e. The number of sulfonamides is 1. The highest BCUT2D eigenvalue weighted by molar-refractivity contribution is 7.89. The summed E-state index contributed by atoms with van der Waals surface area (Å²) >= 11 is 5.85. The van der Waals surface area contributed by atoms with Crippen LogP contribution in [0.2, 0.25) is 0 Å². The molecule has 1 aromatic rings. The third kappa shape index (κ3) is 3.94. The maximum Gasteiger partial charge on any atom is 0.243 e. The molecule has 0 atom stereocenters. The summed E-state index contributed by atoms with van der Waals surface area (Å²) in [5, 5.41) is 0.